The fourth-order valence-electron chi connectivity index (χ4n) is 2.67. The van der Waals surface area contributed by atoms with Crippen molar-refractivity contribution in [1.29, 1.82) is 0 Å². The van der Waals surface area contributed by atoms with Crippen LogP contribution in [0, 0.1) is 5.92 Å². The maximum absolute atomic E-state index is 5.51. The quantitative estimate of drug-likeness (QED) is 0.866. The van der Waals surface area contributed by atoms with Crippen LogP contribution in [0.25, 0.3) is 0 Å². The Balaban J connectivity index is 2.03. The minimum Gasteiger partial charge on any atom is -0.380 e. The summed E-state index contributed by atoms with van der Waals surface area (Å²) in [6, 6.07) is 4.19. The highest BCUT2D eigenvalue weighted by molar-refractivity contribution is 5.47. The molecule has 1 unspecified atom stereocenters. The topological polar surface area (TPSA) is 37.4 Å². The lowest BCUT2D eigenvalue weighted by atomic mass is 10.1. The third-order valence-electron chi connectivity index (χ3n) is 3.75. The number of anilines is 1. The first-order valence-electron chi connectivity index (χ1n) is 7.63. The zero-order valence-electron chi connectivity index (χ0n) is 12.9. The molecule has 1 fully saturated rings. The minimum absolute atomic E-state index is 0.335. The van der Waals surface area contributed by atoms with Gasteiger partial charge >= 0.3 is 0 Å². The molecular weight excluding hydrogens is 250 g/mol. The summed E-state index contributed by atoms with van der Waals surface area (Å²) in [7, 11) is 1.80. The zero-order valence-corrected chi connectivity index (χ0v) is 12.9. The van der Waals surface area contributed by atoms with Crippen LogP contribution in [0.2, 0.25) is 0 Å². The van der Waals surface area contributed by atoms with Crippen molar-refractivity contribution in [2.75, 3.05) is 31.6 Å². The number of ether oxygens (including phenoxy) is 1. The SMILES string of the molecule is COC1CCCN(c2ncccc2CNCC(C)C)C1. The number of pyridine rings is 1. The predicted molar refractivity (Wildman–Crippen MR) is 83.0 cm³/mol. The highest BCUT2D eigenvalue weighted by Crippen LogP contribution is 2.22. The Morgan fingerprint density at radius 2 is 2.35 bits per heavy atom. The van der Waals surface area contributed by atoms with Crippen molar-refractivity contribution in [3.8, 4) is 0 Å². The van der Waals surface area contributed by atoms with Gasteiger partial charge in [-0.15, -0.1) is 0 Å². The van der Waals surface area contributed by atoms with Crippen molar-refractivity contribution in [2.24, 2.45) is 5.92 Å². The van der Waals surface area contributed by atoms with Gasteiger partial charge in [0.2, 0.25) is 0 Å². The van der Waals surface area contributed by atoms with Gasteiger partial charge in [-0.25, -0.2) is 4.98 Å². The van der Waals surface area contributed by atoms with Gasteiger partial charge in [-0.05, 0) is 31.4 Å². The van der Waals surface area contributed by atoms with E-state index < -0.39 is 0 Å². The van der Waals surface area contributed by atoms with E-state index in [0.717, 1.165) is 38.4 Å². The smallest absolute Gasteiger partial charge is 0.133 e. The number of piperidine rings is 1. The molecule has 0 amide bonds. The number of hydrogen-bond acceptors (Lipinski definition) is 4. The Labute approximate surface area is 122 Å². The second kappa shape index (κ2) is 7.60. The van der Waals surface area contributed by atoms with Crippen LogP contribution in [-0.4, -0.2) is 37.8 Å². The summed E-state index contributed by atoms with van der Waals surface area (Å²) in [4.78, 5) is 6.96. The first-order chi connectivity index (χ1) is 9.70. The second-order valence-corrected chi connectivity index (χ2v) is 5.96. The van der Waals surface area contributed by atoms with Gasteiger partial charge in [0.1, 0.15) is 5.82 Å². The molecule has 0 aliphatic carbocycles. The molecule has 0 saturated carbocycles. The molecule has 1 N–H and O–H groups in total. The Hall–Kier alpha value is -1.13. The molecule has 112 valence electrons. The van der Waals surface area contributed by atoms with Crippen LogP contribution in [0.15, 0.2) is 18.3 Å². The Bertz CT molecular complexity index is 408. The van der Waals surface area contributed by atoms with Gasteiger partial charge in [0.05, 0.1) is 6.10 Å². The molecule has 4 nitrogen and oxygen atoms in total. The van der Waals surface area contributed by atoms with Crippen LogP contribution in [0.3, 0.4) is 0 Å². The van der Waals surface area contributed by atoms with E-state index in [0.29, 0.717) is 12.0 Å². The van der Waals surface area contributed by atoms with E-state index in [4.69, 9.17) is 4.74 Å². The highest BCUT2D eigenvalue weighted by Gasteiger charge is 2.22. The van der Waals surface area contributed by atoms with Gasteiger partial charge < -0.3 is 15.0 Å². The molecule has 2 heterocycles. The molecule has 1 saturated heterocycles. The normalized spacial score (nSPS) is 19.6. The van der Waals surface area contributed by atoms with Gasteiger partial charge in [0.25, 0.3) is 0 Å². The van der Waals surface area contributed by atoms with E-state index in [9.17, 15) is 0 Å². The molecule has 2 rings (SSSR count). The predicted octanol–water partition coefficient (Wildman–Crippen LogP) is 2.44. The first kappa shape index (κ1) is 15.3. The molecule has 0 bridgehead atoms. The third-order valence-corrected chi connectivity index (χ3v) is 3.75. The molecule has 1 aromatic heterocycles. The number of nitrogens with one attached hydrogen (secondary N) is 1. The first-order valence-corrected chi connectivity index (χ1v) is 7.63. The number of hydrogen-bond donors (Lipinski definition) is 1. The Morgan fingerprint density at radius 3 is 3.10 bits per heavy atom. The van der Waals surface area contributed by atoms with E-state index in [1.54, 1.807) is 7.11 Å². The summed E-state index contributed by atoms with van der Waals surface area (Å²) in [5.41, 5.74) is 1.28. The maximum Gasteiger partial charge on any atom is 0.133 e. The van der Waals surface area contributed by atoms with Crippen molar-refractivity contribution < 1.29 is 4.74 Å². The minimum atomic E-state index is 0.335. The molecule has 1 aromatic rings. The summed E-state index contributed by atoms with van der Waals surface area (Å²) >= 11 is 0. The van der Waals surface area contributed by atoms with Gasteiger partial charge in [-0.3, -0.25) is 0 Å². The second-order valence-electron chi connectivity index (χ2n) is 5.96. The largest absolute Gasteiger partial charge is 0.380 e. The molecule has 0 radical (unpaired) electrons. The van der Waals surface area contributed by atoms with Crippen molar-refractivity contribution in [1.82, 2.24) is 10.3 Å². The summed E-state index contributed by atoms with van der Waals surface area (Å²) in [6.07, 6.45) is 4.55. The molecule has 4 heteroatoms. The maximum atomic E-state index is 5.51. The summed E-state index contributed by atoms with van der Waals surface area (Å²) in [6.45, 7) is 8.40. The van der Waals surface area contributed by atoms with Crippen LogP contribution in [-0.2, 0) is 11.3 Å². The van der Waals surface area contributed by atoms with Crippen molar-refractivity contribution in [2.45, 2.75) is 39.3 Å². The molecular formula is C16H27N3O. The summed E-state index contributed by atoms with van der Waals surface area (Å²) in [5.74, 6) is 1.79. The number of nitrogens with zero attached hydrogens (tertiary/aromatic N) is 2. The Kier molecular flexibility index (Phi) is 5.80. The Morgan fingerprint density at radius 1 is 1.50 bits per heavy atom. The van der Waals surface area contributed by atoms with Gasteiger partial charge in [-0.2, -0.15) is 0 Å². The van der Waals surface area contributed by atoms with Crippen molar-refractivity contribution in [3.05, 3.63) is 23.9 Å². The molecule has 0 spiro atoms. The third kappa shape index (κ3) is 4.18. The van der Waals surface area contributed by atoms with Crippen LogP contribution in [0.4, 0.5) is 5.82 Å². The highest BCUT2D eigenvalue weighted by atomic mass is 16.5. The fourth-order valence-corrected chi connectivity index (χ4v) is 2.67. The van der Waals surface area contributed by atoms with E-state index in [-0.39, 0.29) is 0 Å². The summed E-state index contributed by atoms with van der Waals surface area (Å²) in [5, 5.41) is 3.51. The lowest BCUT2D eigenvalue weighted by molar-refractivity contribution is 0.0891. The summed E-state index contributed by atoms with van der Waals surface area (Å²) < 4.78 is 5.51. The van der Waals surface area contributed by atoms with Crippen molar-refractivity contribution >= 4 is 5.82 Å². The van der Waals surface area contributed by atoms with Crippen LogP contribution < -0.4 is 10.2 Å². The van der Waals surface area contributed by atoms with Crippen LogP contribution in [0.1, 0.15) is 32.3 Å². The lowest BCUT2D eigenvalue weighted by Crippen LogP contribution is -2.40. The van der Waals surface area contributed by atoms with Crippen LogP contribution in [0.5, 0.6) is 0 Å². The van der Waals surface area contributed by atoms with Gasteiger partial charge in [0.15, 0.2) is 0 Å². The van der Waals surface area contributed by atoms with E-state index in [2.05, 4.69) is 35.1 Å². The molecule has 1 aliphatic heterocycles. The van der Waals surface area contributed by atoms with E-state index in [1.165, 1.54) is 12.0 Å². The molecule has 20 heavy (non-hydrogen) atoms. The van der Waals surface area contributed by atoms with E-state index in [1.807, 2.05) is 12.3 Å². The van der Waals surface area contributed by atoms with Gasteiger partial charge in [0, 0.05) is 38.5 Å². The van der Waals surface area contributed by atoms with Gasteiger partial charge in [-0.1, -0.05) is 19.9 Å². The number of rotatable bonds is 6. The monoisotopic (exact) mass is 277 g/mol. The average molecular weight is 277 g/mol. The standard InChI is InChI=1S/C16H27N3O/c1-13(2)10-17-11-14-6-4-8-18-16(14)19-9-5-7-15(12-19)20-3/h4,6,8,13,15,17H,5,7,9-12H2,1-3H3. The molecule has 0 aromatic carbocycles. The zero-order chi connectivity index (χ0) is 14.4. The molecule has 1 atom stereocenters. The number of aromatic nitrogens is 1. The average Bonchev–Trinajstić information content (AvgIpc) is 2.47. The molecule has 1 aliphatic rings. The lowest BCUT2D eigenvalue weighted by Gasteiger charge is -2.33. The van der Waals surface area contributed by atoms with Crippen LogP contribution >= 0.6 is 0 Å². The fraction of sp³-hybridized carbons (Fsp3) is 0.688. The number of methoxy groups -OCH3 is 1. The van der Waals surface area contributed by atoms with E-state index >= 15 is 0 Å². The van der Waals surface area contributed by atoms with Crippen molar-refractivity contribution in [3.63, 3.8) is 0 Å².